The standard InChI is InChI=1S/C26H22F2N2O3.C2H6/c27-22-7-1-17(2-8-22)13-24(19-5-9-23(28)10-6-19)26(33)30-12-11-18-3-4-20(14-21(18)15-30)25(32)29-16-31;1-2/h1-10,13-14,31H,11-12,15-16H2,(H,29,32);1-2H3/b24-13+;. The molecule has 0 saturated carbocycles. The zero-order valence-electron chi connectivity index (χ0n) is 19.7. The molecule has 5 nitrogen and oxygen atoms in total. The Bertz CT molecular complexity index is 1210. The number of aliphatic hydroxyl groups excluding tert-OH is 1. The third kappa shape index (κ3) is 6.39. The highest BCUT2D eigenvalue weighted by Crippen LogP contribution is 2.26. The second-order valence-corrected chi connectivity index (χ2v) is 7.74. The molecule has 2 N–H and O–H groups in total. The fourth-order valence-electron chi connectivity index (χ4n) is 3.84. The summed E-state index contributed by atoms with van der Waals surface area (Å²) in [6.07, 6.45) is 2.28. The Kier molecular flexibility index (Phi) is 8.86. The van der Waals surface area contributed by atoms with E-state index in [9.17, 15) is 18.4 Å². The molecule has 4 rings (SSSR count). The van der Waals surface area contributed by atoms with Crippen LogP contribution >= 0.6 is 0 Å². The van der Waals surface area contributed by atoms with E-state index in [0.29, 0.717) is 41.8 Å². The number of aliphatic hydroxyl groups is 1. The van der Waals surface area contributed by atoms with Gasteiger partial charge in [-0.05, 0) is 71.1 Å². The predicted molar refractivity (Wildman–Crippen MR) is 132 cm³/mol. The molecule has 0 spiro atoms. The number of carbonyl (C=O) groups excluding carboxylic acids is 2. The number of benzene rings is 3. The summed E-state index contributed by atoms with van der Waals surface area (Å²) in [4.78, 5) is 27.3. The van der Waals surface area contributed by atoms with Crippen LogP contribution in [0.25, 0.3) is 11.6 Å². The highest BCUT2D eigenvalue weighted by atomic mass is 19.1. The SMILES string of the molecule is CC.O=C(NCO)c1ccc2c(c1)CN(C(=O)/C(=C/c1ccc(F)cc1)c1ccc(F)cc1)CC2. The van der Waals surface area contributed by atoms with E-state index in [1.165, 1.54) is 36.4 Å². The van der Waals surface area contributed by atoms with Crippen LogP contribution in [0.15, 0.2) is 66.7 Å². The van der Waals surface area contributed by atoms with Crippen molar-refractivity contribution in [3.05, 3.63) is 106 Å². The molecule has 1 heterocycles. The normalized spacial score (nSPS) is 12.8. The van der Waals surface area contributed by atoms with Crippen molar-refractivity contribution in [1.82, 2.24) is 10.2 Å². The molecule has 0 radical (unpaired) electrons. The van der Waals surface area contributed by atoms with Crippen molar-refractivity contribution in [2.75, 3.05) is 13.3 Å². The van der Waals surface area contributed by atoms with Crippen molar-refractivity contribution in [2.24, 2.45) is 0 Å². The van der Waals surface area contributed by atoms with E-state index in [-0.39, 0.29) is 11.7 Å². The van der Waals surface area contributed by atoms with E-state index in [1.807, 2.05) is 19.9 Å². The molecule has 35 heavy (non-hydrogen) atoms. The smallest absolute Gasteiger partial charge is 0.254 e. The van der Waals surface area contributed by atoms with Crippen LogP contribution in [-0.4, -0.2) is 35.1 Å². The maximum atomic E-state index is 13.6. The van der Waals surface area contributed by atoms with Gasteiger partial charge in [-0.3, -0.25) is 9.59 Å². The van der Waals surface area contributed by atoms with Gasteiger partial charge in [0, 0.05) is 24.2 Å². The topological polar surface area (TPSA) is 69.6 Å². The highest BCUT2D eigenvalue weighted by Gasteiger charge is 2.25. The number of nitrogens with zero attached hydrogens (tertiary/aromatic N) is 1. The second-order valence-electron chi connectivity index (χ2n) is 7.74. The molecule has 0 saturated heterocycles. The lowest BCUT2D eigenvalue weighted by Gasteiger charge is -2.30. The number of nitrogens with one attached hydrogen (secondary N) is 1. The van der Waals surface area contributed by atoms with E-state index < -0.39 is 18.5 Å². The summed E-state index contributed by atoms with van der Waals surface area (Å²) in [5.41, 5.74) is 3.85. The molecule has 2 amide bonds. The van der Waals surface area contributed by atoms with E-state index in [4.69, 9.17) is 5.11 Å². The van der Waals surface area contributed by atoms with Gasteiger partial charge in [-0.1, -0.05) is 44.2 Å². The van der Waals surface area contributed by atoms with Gasteiger partial charge in [0.25, 0.3) is 11.8 Å². The number of fused-ring (bicyclic) bond motifs is 1. The number of halogens is 2. The third-order valence-corrected chi connectivity index (χ3v) is 5.57. The summed E-state index contributed by atoms with van der Waals surface area (Å²) in [6, 6.07) is 16.7. The first kappa shape index (κ1) is 25.8. The molecule has 0 atom stereocenters. The first-order valence-electron chi connectivity index (χ1n) is 11.5. The van der Waals surface area contributed by atoms with Crippen molar-refractivity contribution < 1.29 is 23.5 Å². The van der Waals surface area contributed by atoms with Gasteiger partial charge < -0.3 is 15.3 Å². The van der Waals surface area contributed by atoms with Crippen LogP contribution < -0.4 is 5.32 Å². The van der Waals surface area contributed by atoms with Gasteiger partial charge in [0.15, 0.2) is 0 Å². The molecule has 0 aromatic heterocycles. The van der Waals surface area contributed by atoms with Crippen LogP contribution in [-0.2, 0) is 17.8 Å². The second kappa shape index (κ2) is 12.0. The number of rotatable bonds is 5. The molecular weight excluding hydrogens is 450 g/mol. The molecule has 1 aliphatic heterocycles. The zero-order valence-corrected chi connectivity index (χ0v) is 19.7. The number of amides is 2. The Morgan fingerprint density at radius 2 is 1.51 bits per heavy atom. The first-order chi connectivity index (χ1) is 16.9. The monoisotopic (exact) mass is 478 g/mol. The van der Waals surface area contributed by atoms with Crippen LogP contribution in [0, 0.1) is 11.6 Å². The van der Waals surface area contributed by atoms with Gasteiger partial charge in [0.2, 0.25) is 0 Å². The summed E-state index contributed by atoms with van der Waals surface area (Å²) < 4.78 is 26.8. The minimum atomic E-state index is -0.463. The van der Waals surface area contributed by atoms with Crippen molar-refractivity contribution in [1.29, 1.82) is 0 Å². The quantitative estimate of drug-likeness (QED) is 0.315. The van der Waals surface area contributed by atoms with Crippen LogP contribution in [0.5, 0.6) is 0 Å². The van der Waals surface area contributed by atoms with Gasteiger partial charge in [0.1, 0.15) is 18.4 Å². The Balaban J connectivity index is 0.00000167. The van der Waals surface area contributed by atoms with Crippen LogP contribution in [0.2, 0.25) is 0 Å². The van der Waals surface area contributed by atoms with E-state index in [1.54, 1.807) is 35.2 Å². The molecule has 1 aliphatic rings. The highest BCUT2D eigenvalue weighted by molar-refractivity contribution is 6.24. The van der Waals surface area contributed by atoms with Gasteiger partial charge in [-0.2, -0.15) is 0 Å². The lowest BCUT2D eigenvalue weighted by Crippen LogP contribution is -2.36. The Labute approximate surface area is 203 Å². The predicted octanol–water partition coefficient (Wildman–Crippen LogP) is 4.80. The molecule has 0 bridgehead atoms. The summed E-state index contributed by atoms with van der Waals surface area (Å²) in [5.74, 6) is -1.43. The molecule has 0 fully saturated rings. The molecule has 3 aromatic rings. The largest absolute Gasteiger partial charge is 0.376 e. The Morgan fingerprint density at radius 3 is 2.14 bits per heavy atom. The molecular formula is C28H28F2N2O3. The lowest BCUT2D eigenvalue weighted by molar-refractivity contribution is -0.125. The minimum Gasteiger partial charge on any atom is -0.376 e. The van der Waals surface area contributed by atoms with Gasteiger partial charge in [0.05, 0.1) is 0 Å². The first-order valence-corrected chi connectivity index (χ1v) is 11.5. The average Bonchev–Trinajstić information content (AvgIpc) is 2.89. The van der Waals surface area contributed by atoms with E-state index >= 15 is 0 Å². The van der Waals surface area contributed by atoms with Crippen molar-refractivity contribution in [3.63, 3.8) is 0 Å². The summed E-state index contributed by atoms with van der Waals surface area (Å²) >= 11 is 0. The number of hydrogen-bond donors (Lipinski definition) is 2. The molecule has 0 unspecified atom stereocenters. The fraction of sp³-hybridized carbons (Fsp3) is 0.214. The van der Waals surface area contributed by atoms with Gasteiger partial charge in [-0.15, -0.1) is 0 Å². The van der Waals surface area contributed by atoms with Crippen LogP contribution in [0.3, 0.4) is 0 Å². The molecule has 182 valence electrons. The summed E-state index contributed by atoms with van der Waals surface area (Å²) in [7, 11) is 0. The average molecular weight is 479 g/mol. The fourth-order valence-corrected chi connectivity index (χ4v) is 3.84. The third-order valence-electron chi connectivity index (χ3n) is 5.57. The van der Waals surface area contributed by atoms with Gasteiger partial charge >= 0.3 is 0 Å². The Morgan fingerprint density at radius 1 is 0.914 bits per heavy atom. The minimum absolute atomic E-state index is 0.248. The van der Waals surface area contributed by atoms with Crippen molar-refractivity contribution in [2.45, 2.75) is 26.8 Å². The van der Waals surface area contributed by atoms with E-state index in [0.717, 1.165) is 11.1 Å². The molecule has 7 heteroatoms. The zero-order chi connectivity index (χ0) is 25.4. The molecule has 3 aromatic carbocycles. The van der Waals surface area contributed by atoms with Crippen molar-refractivity contribution in [3.8, 4) is 0 Å². The summed E-state index contributed by atoms with van der Waals surface area (Å²) in [5, 5.41) is 11.3. The van der Waals surface area contributed by atoms with Crippen LogP contribution in [0.1, 0.15) is 46.5 Å². The Hall–Kier alpha value is -3.84. The lowest BCUT2D eigenvalue weighted by atomic mass is 9.95. The van der Waals surface area contributed by atoms with Crippen molar-refractivity contribution >= 4 is 23.5 Å². The number of carbonyl (C=O) groups is 2. The molecule has 0 aliphatic carbocycles. The van der Waals surface area contributed by atoms with Gasteiger partial charge in [-0.25, -0.2) is 8.78 Å². The maximum absolute atomic E-state index is 13.6. The summed E-state index contributed by atoms with van der Waals surface area (Å²) in [6.45, 7) is 4.32. The maximum Gasteiger partial charge on any atom is 0.254 e. The van der Waals surface area contributed by atoms with E-state index in [2.05, 4.69) is 5.32 Å². The number of hydrogen-bond acceptors (Lipinski definition) is 3. The van der Waals surface area contributed by atoms with Crippen LogP contribution in [0.4, 0.5) is 8.78 Å².